The van der Waals surface area contributed by atoms with Crippen molar-refractivity contribution in [3.63, 3.8) is 0 Å². The zero-order valence-corrected chi connectivity index (χ0v) is 13.4. The van der Waals surface area contributed by atoms with Crippen molar-refractivity contribution in [3.8, 4) is 0 Å². The van der Waals surface area contributed by atoms with E-state index in [0.29, 0.717) is 11.1 Å². The molecule has 0 spiro atoms. The van der Waals surface area contributed by atoms with Crippen molar-refractivity contribution in [2.75, 3.05) is 18.0 Å². The first kappa shape index (κ1) is 15.5. The van der Waals surface area contributed by atoms with E-state index >= 15 is 0 Å². The second kappa shape index (κ2) is 6.74. The van der Waals surface area contributed by atoms with E-state index in [4.69, 9.17) is 16.3 Å². The maximum absolute atomic E-state index is 6.40. The average molecular weight is 298 g/mol. The number of anilines is 1. The predicted molar refractivity (Wildman–Crippen MR) is 83.4 cm³/mol. The Balaban J connectivity index is 2.09. The highest BCUT2D eigenvalue weighted by Gasteiger charge is 2.24. The first-order chi connectivity index (χ1) is 9.45. The van der Waals surface area contributed by atoms with Gasteiger partial charge in [0.2, 0.25) is 0 Å². The molecule has 1 aliphatic heterocycles. The lowest BCUT2D eigenvalue weighted by Gasteiger charge is -2.36. The number of hydrogen-bond donors (Lipinski definition) is 1. The van der Waals surface area contributed by atoms with E-state index in [1.165, 1.54) is 0 Å². The number of ether oxygens (including phenoxy) is 1. The molecule has 1 aromatic heterocycles. The summed E-state index contributed by atoms with van der Waals surface area (Å²) in [6, 6.07) is 2.46. The number of hydrogen-bond acceptors (Lipinski definition) is 4. The van der Waals surface area contributed by atoms with E-state index in [-0.39, 0.29) is 12.2 Å². The first-order valence-electron chi connectivity index (χ1n) is 7.24. The Morgan fingerprint density at radius 3 is 2.60 bits per heavy atom. The van der Waals surface area contributed by atoms with Gasteiger partial charge >= 0.3 is 0 Å². The average Bonchev–Trinajstić information content (AvgIpc) is 2.35. The van der Waals surface area contributed by atoms with Crippen molar-refractivity contribution in [1.29, 1.82) is 0 Å². The van der Waals surface area contributed by atoms with Gasteiger partial charge < -0.3 is 15.0 Å². The van der Waals surface area contributed by atoms with Crippen molar-refractivity contribution in [1.82, 2.24) is 10.3 Å². The van der Waals surface area contributed by atoms with Crippen LogP contribution in [0.5, 0.6) is 0 Å². The summed E-state index contributed by atoms with van der Waals surface area (Å²) in [5.41, 5.74) is 1.11. The van der Waals surface area contributed by atoms with Crippen LogP contribution >= 0.6 is 11.6 Å². The Morgan fingerprint density at radius 1 is 1.40 bits per heavy atom. The fourth-order valence-corrected chi connectivity index (χ4v) is 2.78. The number of morpholine rings is 1. The summed E-state index contributed by atoms with van der Waals surface area (Å²) in [5.74, 6) is 0.863. The smallest absolute Gasteiger partial charge is 0.147 e. The van der Waals surface area contributed by atoms with E-state index in [9.17, 15) is 0 Å². The standard InChI is InChI=1S/C15H24ClN3O/c1-10(2)17-6-13-5-14(16)15(18-7-13)19-8-11(3)20-12(4)9-19/h5,7,10-12,17H,6,8-9H2,1-4H3. The monoisotopic (exact) mass is 297 g/mol. The van der Waals surface area contributed by atoms with Gasteiger partial charge in [-0.1, -0.05) is 25.4 Å². The summed E-state index contributed by atoms with van der Waals surface area (Å²) in [5, 5.41) is 4.09. The van der Waals surface area contributed by atoms with Gasteiger partial charge in [-0.25, -0.2) is 4.98 Å². The Hall–Kier alpha value is -0.840. The largest absolute Gasteiger partial charge is 0.372 e. The molecule has 0 radical (unpaired) electrons. The van der Waals surface area contributed by atoms with Crippen LogP contribution < -0.4 is 10.2 Å². The summed E-state index contributed by atoms with van der Waals surface area (Å²) < 4.78 is 5.74. The quantitative estimate of drug-likeness (QED) is 0.927. The normalized spacial score (nSPS) is 23.4. The van der Waals surface area contributed by atoms with Gasteiger partial charge in [0.15, 0.2) is 0 Å². The summed E-state index contributed by atoms with van der Waals surface area (Å²) >= 11 is 6.40. The zero-order chi connectivity index (χ0) is 14.7. The van der Waals surface area contributed by atoms with Crippen molar-refractivity contribution in [2.45, 2.75) is 52.5 Å². The van der Waals surface area contributed by atoms with Crippen LogP contribution in [0.15, 0.2) is 12.3 Å². The van der Waals surface area contributed by atoms with Gasteiger partial charge in [0.25, 0.3) is 0 Å². The summed E-state index contributed by atoms with van der Waals surface area (Å²) in [6.07, 6.45) is 2.32. The molecule has 1 aromatic rings. The topological polar surface area (TPSA) is 37.4 Å². The van der Waals surface area contributed by atoms with E-state index in [1.54, 1.807) is 0 Å². The molecule has 0 aliphatic carbocycles. The Kier molecular flexibility index (Phi) is 5.24. The molecule has 2 unspecified atom stereocenters. The SMILES string of the molecule is CC(C)NCc1cnc(N2CC(C)OC(C)C2)c(Cl)c1. The fourth-order valence-electron chi connectivity index (χ4n) is 2.47. The Morgan fingerprint density at radius 2 is 2.05 bits per heavy atom. The van der Waals surface area contributed by atoms with Crippen LogP contribution in [-0.2, 0) is 11.3 Å². The first-order valence-corrected chi connectivity index (χ1v) is 7.61. The summed E-state index contributed by atoms with van der Waals surface area (Å²) in [4.78, 5) is 6.76. The molecule has 1 saturated heterocycles. The van der Waals surface area contributed by atoms with Gasteiger partial charge in [-0.15, -0.1) is 0 Å². The van der Waals surface area contributed by atoms with Crippen LogP contribution in [0.25, 0.3) is 0 Å². The molecule has 2 heterocycles. The summed E-state index contributed by atoms with van der Waals surface area (Å²) in [7, 11) is 0. The minimum absolute atomic E-state index is 0.207. The third kappa shape index (κ3) is 4.08. The van der Waals surface area contributed by atoms with Crippen molar-refractivity contribution >= 4 is 17.4 Å². The second-order valence-corrected chi connectivity index (χ2v) is 6.25. The molecule has 1 fully saturated rings. The second-order valence-electron chi connectivity index (χ2n) is 5.85. The van der Waals surface area contributed by atoms with E-state index in [0.717, 1.165) is 31.0 Å². The van der Waals surface area contributed by atoms with Crippen molar-refractivity contribution < 1.29 is 4.74 Å². The molecular formula is C15H24ClN3O. The number of nitrogens with zero attached hydrogens (tertiary/aromatic N) is 2. The van der Waals surface area contributed by atoms with Crippen LogP contribution in [0.1, 0.15) is 33.3 Å². The lowest BCUT2D eigenvalue weighted by molar-refractivity contribution is -0.00545. The third-order valence-electron chi connectivity index (χ3n) is 3.31. The lowest BCUT2D eigenvalue weighted by atomic mass is 10.2. The van der Waals surface area contributed by atoms with Gasteiger partial charge in [0, 0.05) is 31.9 Å². The highest BCUT2D eigenvalue weighted by atomic mass is 35.5. The van der Waals surface area contributed by atoms with Gasteiger partial charge in [-0.2, -0.15) is 0 Å². The molecular weight excluding hydrogens is 274 g/mol. The molecule has 1 N–H and O–H groups in total. The highest BCUT2D eigenvalue weighted by Crippen LogP contribution is 2.26. The molecule has 2 rings (SSSR count). The van der Waals surface area contributed by atoms with Crippen LogP contribution in [0, 0.1) is 0 Å². The van der Waals surface area contributed by atoms with Gasteiger partial charge in [0.05, 0.1) is 17.2 Å². The fraction of sp³-hybridized carbons (Fsp3) is 0.667. The third-order valence-corrected chi connectivity index (χ3v) is 3.59. The molecule has 1 aliphatic rings. The number of nitrogens with one attached hydrogen (secondary N) is 1. The number of pyridine rings is 1. The number of aromatic nitrogens is 1. The van der Waals surface area contributed by atoms with Gasteiger partial charge in [-0.05, 0) is 25.5 Å². The minimum atomic E-state index is 0.207. The van der Waals surface area contributed by atoms with E-state index in [2.05, 4.69) is 42.9 Å². The van der Waals surface area contributed by atoms with Crippen molar-refractivity contribution in [2.24, 2.45) is 0 Å². The maximum Gasteiger partial charge on any atom is 0.147 e. The molecule has 0 bridgehead atoms. The van der Waals surface area contributed by atoms with E-state index < -0.39 is 0 Å². The van der Waals surface area contributed by atoms with Crippen molar-refractivity contribution in [3.05, 3.63) is 22.8 Å². The molecule has 112 valence electrons. The van der Waals surface area contributed by atoms with Crippen LogP contribution in [0.2, 0.25) is 5.02 Å². The van der Waals surface area contributed by atoms with Crippen LogP contribution in [0.4, 0.5) is 5.82 Å². The number of rotatable bonds is 4. The van der Waals surface area contributed by atoms with Gasteiger partial charge in [0.1, 0.15) is 5.82 Å². The summed E-state index contributed by atoms with van der Waals surface area (Å²) in [6.45, 7) is 10.9. The molecule has 2 atom stereocenters. The van der Waals surface area contributed by atoms with Crippen LogP contribution in [-0.4, -0.2) is 36.3 Å². The van der Waals surface area contributed by atoms with Crippen LogP contribution in [0.3, 0.4) is 0 Å². The molecule has 0 saturated carbocycles. The molecule has 5 heteroatoms. The highest BCUT2D eigenvalue weighted by molar-refractivity contribution is 6.33. The Bertz CT molecular complexity index is 443. The lowest BCUT2D eigenvalue weighted by Crippen LogP contribution is -2.46. The van der Waals surface area contributed by atoms with Gasteiger partial charge in [-0.3, -0.25) is 0 Å². The zero-order valence-electron chi connectivity index (χ0n) is 12.7. The molecule has 0 aromatic carbocycles. The maximum atomic E-state index is 6.40. The molecule has 4 nitrogen and oxygen atoms in total. The molecule has 20 heavy (non-hydrogen) atoms. The van der Waals surface area contributed by atoms with E-state index in [1.807, 2.05) is 12.3 Å². The Labute approximate surface area is 126 Å². The predicted octanol–water partition coefficient (Wildman–Crippen LogP) is 2.85. The number of halogens is 1. The molecule has 0 amide bonds. The minimum Gasteiger partial charge on any atom is -0.372 e.